The molecule has 0 spiro atoms. The number of rotatable bonds is 5. The summed E-state index contributed by atoms with van der Waals surface area (Å²) in [7, 11) is 0. The lowest BCUT2D eigenvalue weighted by molar-refractivity contribution is -0.115. The van der Waals surface area contributed by atoms with Crippen molar-refractivity contribution in [3.8, 4) is 11.3 Å². The van der Waals surface area contributed by atoms with Crippen molar-refractivity contribution < 1.29 is 4.79 Å². The molecule has 2 aromatic carbocycles. The Kier molecular flexibility index (Phi) is 5.78. The second-order valence-electron chi connectivity index (χ2n) is 5.65. The molecule has 4 N–H and O–H groups in total. The first-order chi connectivity index (χ1) is 12.9. The van der Waals surface area contributed by atoms with E-state index < -0.39 is 10.8 Å². The lowest BCUT2D eigenvalue weighted by atomic mass is 10.1. The summed E-state index contributed by atoms with van der Waals surface area (Å²) < 4.78 is 0. The molecular weight excluding hydrogens is 386 g/mol. The number of amides is 1. The maximum atomic E-state index is 12.3. The van der Waals surface area contributed by atoms with Gasteiger partial charge in [0.25, 0.3) is 5.56 Å². The number of hydrogen-bond acceptors (Lipinski definition) is 6. The zero-order valence-corrected chi connectivity index (χ0v) is 15.8. The molecule has 7 nitrogen and oxygen atoms in total. The van der Waals surface area contributed by atoms with E-state index in [9.17, 15) is 9.59 Å². The molecule has 1 aromatic heterocycles. The molecule has 0 radical (unpaired) electrons. The van der Waals surface area contributed by atoms with E-state index in [0.29, 0.717) is 22.0 Å². The van der Waals surface area contributed by atoms with Crippen LogP contribution in [0, 0.1) is 0 Å². The van der Waals surface area contributed by atoms with Crippen LogP contribution in [-0.4, -0.2) is 26.3 Å². The number of nitrogens with one attached hydrogen (secondary N) is 2. The summed E-state index contributed by atoms with van der Waals surface area (Å²) in [5.74, 6) is -0.249. The number of hydrogen-bond donors (Lipinski definition) is 3. The van der Waals surface area contributed by atoms with Gasteiger partial charge in [-0.15, -0.1) is 10.2 Å². The van der Waals surface area contributed by atoms with Crippen LogP contribution >= 0.6 is 23.4 Å². The van der Waals surface area contributed by atoms with Gasteiger partial charge in [-0.3, -0.25) is 14.6 Å². The molecule has 0 fully saturated rings. The van der Waals surface area contributed by atoms with Crippen molar-refractivity contribution in [3.05, 3.63) is 63.9 Å². The number of benzene rings is 2. The molecule has 1 amide bonds. The fourth-order valence-electron chi connectivity index (χ4n) is 2.30. The Morgan fingerprint density at radius 3 is 2.70 bits per heavy atom. The summed E-state index contributed by atoms with van der Waals surface area (Å²) in [4.78, 5) is 27.3. The zero-order chi connectivity index (χ0) is 19.4. The van der Waals surface area contributed by atoms with E-state index >= 15 is 0 Å². The predicted molar refractivity (Wildman–Crippen MR) is 108 cm³/mol. The molecule has 9 heteroatoms. The van der Waals surface area contributed by atoms with Gasteiger partial charge in [-0.05, 0) is 31.2 Å². The predicted octanol–water partition coefficient (Wildman–Crippen LogP) is 3.19. The van der Waals surface area contributed by atoms with Crippen LogP contribution in [0.1, 0.15) is 6.92 Å². The van der Waals surface area contributed by atoms with Crippen molar-refractivity contribution in [2.45, 2.75) is 17.3 Å². The minimum absolute atomic E-state index is 0.133. The Bertz CT molecular complexity index is 1040. The van der Waals surface area contributed by atoms with E-state index in [-0.39, 0.29) is 16.8 Å². The highest BCUT2D eigenvalue weighted by Gasteiger charge is 2.18. The number of carbonyl (C=O) groups is 1. The molecule has 0 aliphatic heterocycles. The van der Waals surface area contributed by atoms with E-state index in [0.717, 1.165) is 11.8 Å². The van der Waals surface area contributed by atoms with Gasteiger partial charge in [-0.2, -0.15) is 0 Å². The van der Waals surface area contributed by atoms with Crippen LogP contribution in [0.4, 0.5) is 11.4 Å². The van der Waals surface area contributed by atoms with Crippen LogP contribution in [-0.2, 0) is 4.79 Å². The Balaban J connectivity index is 1.72. The van der Waals surface area contributed by atoms with Gasteiger partial charge >= 0.3 is 0 Å². The molecule has 3 rings (SSSR count). The number of H-pyrrole nitrogens is 1. The third-order valence-electron chi connectivity index (χ3n) is 3.64. The van der Waals surface area contributed by atoms with E-state index in [1.54, 1.807) is 55.5 Å². The Labute approximate surface area is 164 Å². The number of nitrogen functional groups attached to an aromatic ring is 1. The van der Waals surface area contributed by atoms with Crippen molar-refractivity contribution in [3.63, 3.8) is 0 Å². The van der Waals surface area contributed by atoms with E-state index in [1.807, 2.05) is 0 Å². The molecule has 0 bridgehead atoms. The van der Waals surface area contributed by atoms with Crippen LogP contribution in [0.2, 0.25) is 5.02 Å². The highest BCUT2D eigenvalue weighted by atomic mass is 35.5. The van der Waals surface area contributed by atoms with E-state index in [2.05, 4.69) is 20.5 Å². The maximum absolute atomic E-state index is 12.3. The average molecular weight is 402 g/mol. The largest absolute Gasteiger partial charge is 0.398 e. The van der Waals surface area contributed by atoms with Gasteiger partial charge in [0, 0.05) is 22.0 Å². The number of nitrogens with two attached hydrogens (primary N) is 1. The van der Waals surface area contributed by atoms with Gasteiger partial charge in [-0.25, -0.2) is 0 Å². The topological polar surface area (TPSA) is 114 Å². The van der Waals surface area contributed by atoms with Crippen molar-refractivity contribution >= 4 is 40.6 Å². The van der Waals surface area contributed by atoms with Gasteiger partial charge in [0.15, 0.2) is 10.9 Å². The number of nitrogens with zero attached hydrogens (tertiary/aromatic N) is 2. The van der Waals surface area contributed by atoms with E-state index in [1.165, 1.54) is 0 Å². The normalized spacial score (nSPS) is 11.8. The van der Waals surface area contributed by atoms with Gasteiger partial charge in [0.1, 0.15) is 0 Å². The van der Waals surface area contributed by atoms with E-state index in [4.69, 9.17) is 17.3 Å². The molecule has 0 aliphatic rings. The first-order valence-corrected chi connectivity index (χ1v) is 9.25. The molecule has 0 unspecified atom stereocenters. The van der Waals surface area contributed by atoms with Crippen LogP contribution in [0.15, 0.2) is 58.5 Å². The summed E-state index contributed by atoms with van der Waals surface area (Å²) in [6.45, 7) is 1.70. The molecule has 0 aliphatic carbocycles. The Morgan fingerprint density at radius 2 is 2.00 bits per heavy atom. The van der Waals surface area contributed by atoms with Crippen molar-refractivity contribution in [1.29, 1.82) is 0 Å². The van der Waals surface area contributed by atoms with Gasteiger partial charge < -0.3 is 11.1 Å². The summed E-state index contributed by atoms with van der Waals surface area (Å²) in [6, 6.07) is 13.8. The standard InChI is InChI=1S/C18H16ClN5O2S/c1-10(16(25)21-12-6-4-5-11(19)9-12)27-18-22-17(26)15(23-24-18)13-7-2-3-8-14(13)20/h2-10H,20H2,1H3,(H,21,25)(H,22,24,26)/t10-/m0/s1. The fraction of sp³-hybridized carbons (Fsp3) is 0.111. The van der Waals surface area contributed by atoms with Crippen molar-refractivity contribution in [1.82, 2.24) is 15.2 Å². The minimum atomic E-state index is -0.512. The second kappa shape index (κ2) is 8.24. The van der Waals surface area contributed by atoms with Crippen LogP contribution in [0.3, 0.4) is 0 Å². The molecule has 1 atom stereocenters. The highest BCUT2D eigenvalue weighted by Crippen LogP contribution is 2.23. The lowest BCUT2D eigenvalue weighted by Gasteiger charge is -2.11. The summed E-state index contributed by atoms with van der Waals surface area (Å²) >= 11 is 7.00. The quantitative estimate of drug-likeness (QED) is 0.447. The number of para-hydroxylation sites is 1. The molecule has 0 saturated heterocycles. The smallest absolute Gasteiger partial charge is 0.278 e. The van der Waals surface area contributed by atoms with Gasteiger partial charge in [0.2, 0.25) is 5.91 Å². The fourth-order valence-corrected chi connectivity index (χ4v) is 3.23. The Morgan fingerprint density at radius 1 is 1.22 bits per heavy atom. The monoisotopic (exact) mass is 401 g/mol. The van der Waals surface area contributed by atoms with Crippen molar-refractivity contribution in [2.75, 3.05) is 11.1 Å². The number of halogens is 1. The minimum Gasteiger partial charge on any atom is -0.398 e. The van der Waals surface area contributed by atoms with Crippen molar-refractivity contribution in [2.24, 2.45) is 0 Å². The Hall–Kier alpha value is -2.84. The zero-order valence-electron chi connectivity index (χ0n) is 14.3. The third-order valence-corrected chi connectivity index (χ3v) is 4.85. The molecule has 138 valence electrons. The maximum Gasteiger partial charge on any atom is 0.278 e. The summed E-state index contributed by atoms with van der Waals surface area (Å²) in [5.41, 5.74) is 7.12. The summed E-state index contributed by atoms with van der Waals surface area (Å²) in [5, 5.41) is 11.0. The number of anilines is 2. The molecule has 27 heavy (non-hydrogen) atoms. The molecular formula is C18H16ClN5O2S. The summed E-state index contributed by atoms with van der Waals surface area (Å²) in [6.07, 6.45) is 0. The molecule has 3 aromatic rings. The third kappa shape index (κ3) is 4.66. The number of aromatic nitrogens is 3. The van der Waals surface area contributed by atoms with Gasteiger partial charge in [0.05, 0.1) is 5.25 Å². The second-order valence-corrected chi connectivity index (χ2v) is 7.42. The molecule has 0 saturated carbocycles. The number of aromatic amines is 1. The SMILES string of the molecule is C[C@H](Sc1nnc(-c2ccccc2N)c(=O)[nH]1)C(=O)Nc1cccc(Cl)c1. The number of thioether (sulfide) groups is 1. The van der Waals surface area contributed by atoms with Crippen LogP contribution < -0.4 is 16.6 Å². The van der Waals surface area contributed by atoms with Gasteiger partial charge in [-0.1, -0.05) is 47.6 Å². The average Bonchev–Trinajstić information content (AvgIpc) is 2.63. The highest BCUT2D eigenvalue weighted by molar-refractivity contribution is 8.00. The van der Waals surface area contributed by atoms with Crippen LogP contribution in [0.5, 0.6) is 0 Å². The first-order valence-electron chi connectivity index (χ1n) is 7.99. The number of carbonyl (C=O) groups excluding carboxylic acids is 1. The van der Waals surface area contributed by atoms with Crippen LogP contribution in [0.25, 0.3) is 11.3 Å². The first kappa shape index (κ1) is 18.9. The lowest BCUT2D eigenvalue weighted by Crippen LogP contribution is -2.23. The molecule has 1 heterocycles.